The van der Waals surface area contributed by atoms with Gasteiger partial charge in [0.1, 0.15) is 23.0 Å². The van der Waals surface area contributed by atoms with Crippen LogP contribution in [0.4, 0.5) is 0 Å². The minimum absolute atomic E-state index is 0.0207. The van der Waals surface area contributed by atoms with E-state index in [0.29, 0.717) is 40.2 Å². The maximum Gasteiger partial charge on any atom is 0.255 e. The Morgan fingerprint density at radius 1 is 0.780 bits per heavy atom. The summed E-state index contributed by atoms with van der Waals surface area (Å²) in [6, 6.07) is 29.4. The predicted molar refractivity (Wildman–Crippen MR) is 190 cm³/mol. The van der Waals surface area contributed by atoms with Gasteiger partial charge in [-0.05, 0) is 71.8 Å². The molecule has 256 valence electrons. The number of nitrogens with one attached hydrogen (secondary N) is 1. The van der Waals surface area contributed by atoms with Gasteiger partial charge in [0, 0.05) is 6.42 Å². The number of thioether (sulfide) groups is 1. The van der Waals surface area contributed by atoms with Crippen molar-refractivity contribution < 1.29 is 28.5 Å². The molecule has 50 heavy (non-hydrogen) atoms. The molecule has 1 atom stereocenters. The Hall–Kier alpha value is -5.82. The Labute approximate surface area is 294 Å². The largest absolute Gasteiger partial charge is 0.497 e. The molecule has 1 aliphatic heterocycles. The topological polar surface area (TPSA) is 129 Å². The molecule has 2 amide bonds. The highest BCUT2D eigenvalue weighted by molar-refractivity contribution is 7.99. The summed E-state index contributed by atoms with van der Waals surface area (Å²) in [6.07, 6.45) is 0.530. The molecule has 0 spiro atoms. The van der Waals surface area contributed by atoms with E-state index in [4.69, 9.17) is 24.0 Å². The first-order chi connectivity index (χ1) is 24.4. The third kappa shape index (κ3) is 7.27. The Morgan fingerprint density at radius 3 is 2.10 bits per heavy atom. The van der Waals surface area contributed by atoms with Crippen molar-refractivity contribution in [3.05, 3.63) is 120 Å². The van der Waals surface area contributed by atoms with Crippen molar-refractivity contribution in [1.82, 2.24) is 25.1 Å². The highest BCUT2D eigenvalue weighted by atomic mass is 32.2. The summed E-state index contributed by atoms with van der Waals surface area (Å²) < 4.78 is 23.5. The van der Waals surface area contributed by atoms with Crippen molar-refractivity contribution in [2.45, 2.75) is 24.2 Å². The van der Waals surface area contributed by atoms with E-state index in [-0.39, 0.29) is 30.2 Å². The lowest BCUT2D eigenvalue weighted by molar-refractivity contribution is -0.130. The zero-order valence-electron chi connectivity index (χ0n) is 28.0. The highest BCUT2D eigenvalue weighted by Gasteiger charge is 2.33. The molecule has 4 aromatic carbocycles. The smallest absolute Gasteiger partial charge is 0.255 e. The molecule has 0 fully saturated rings. The van der Waals surface area contributed by atoms with Gasteiger partial charge in [0.15, 0.2) is 11.0 Å². The van der Waals surface area contributed by atoms with Gasteiger partial charge in [-0.25, -0.2) is 5.01 Å². The molecule has 5 aromatic rings. The summed E-state index contributed by atoms with van der Waals surface area (Å²) in [6.45, 7) is 0.0532. The van der Waals surface area contributed by atoms with Gasteiger partial charge in [0.2, 0.25) is 0 Å². The van der Waals surface area contributed by atoms with E-state index in [2.05, 4.69) is 15.5 Å². The number of rotatable bonds is 13. The van der Waals surface area contributed by atoms with E-state index in [1.807, 2.05) is 72.8 Å². The summed E-state index contributed by atoms with van der Waals surface area (Å²) in [4.78, 5) is 27.1. The van der Waals surface area contributed by atoms with Crippen LogP contribution in [-0.2, 0) is 11.3 Å². The van der Waals surface area contributed by atoms with E-state index in [1.165, 1.54) is 18.9 Å². The summed E-state index contributed by atoms with van der Waals surface area (Å²) >= 11 is 1.22. The lowest BCUT2D eigenvalue weighted by Crippen LogP contribution is -2.28. The molecule has 12 nitrogen and oxygen atoms in total. The fourth-order valence-corrected chi connectivity index (χ4v) is 6.44. The van der Waals surface area contributed by atoms with Crippen molar-refractivity contribution in [1.29, 1.82) is 0 Å². The van der Waals surface area contributed by atoms with E-state index in [9.17, 15) is 9.59 Å². The minimum Gasteiger partial charge on any atom is -0.497 e. The van der Waals surface area contributed by atoms with Crippen LogP contribution in [0.15, 0.2) is 107 Å². The van der Waals surface area contributed by atoms with Crippen molar-refractivity contribution >= 4 is 29.3 Å². The van der Waals surface area contributed by atoms with Crippen LogP contribution in [0.25, 0.3) is 5.69 Å². The number of hydrazone groups is 1. The Morgan fingerprint density at radius 2 is 1.42 bits per heavy atom. The maximum absolute atomic E-state index is 14.0. The molecule has 0 unspecified atom stereocenters. The Balaban J connectivity index is 1.27. The number of aromatic nitrogens is 3. The molecule has 0 aliphatic carbocycles. The monoisotopic (exact) mass is 692 g/mol. The molecular weight excluding hydrogens is 657 g/mol. The molecule has 6 rings (SSSR count). The molecule has 1 N–H and O–H groups in total. The summed E-state index contributed by atoms with van der Waals surface area (Å²) in [5.41, 5.74) is 3.68. The third-order valence-corrected chi connectivity index (χ3v) is 9.11. The highest BCUT2D eigenvalue weighted by Crippen LogP contribution is 2.35. The molecule has 0 saturated carbocycles. The summed E-state index contributed by atoms with van der Waals surface area (Å²) in [5.74, 6) is 2.43. The zero-order chi connectivity index (χ0) is 35.0. The van der Waals surface area contributed by atoms with Crippen molar-refractivity contribution in [2.24, 2.45) is 5.10 Å². The third-order valence-electron chi connectivity index (χ3n) is 8.20. The number of carbonyl (C=O) groups is 2. The second-order valence-corrected chi connectivity index (χ2v) is 12.0. The standard InChI is InChI=1S/C37H36N6O6S/c1-46-26-17-13-24(14-18-26)29-21-31(25-15-19-27(47-2)20-16-25)43(41-29)35(44)23-50-37-40-39-34(42(37)30-10-6-8-12-33(30)49-4)22-38-36(45)28-9-5-7-11-32(28)48-3/h5-20,31H,21-23H2,1-4H3,(H,38,45)/t31-/m1/s1. The van der Waals surface area contributed by atoms with E-state index < -0.39 is 0 Å². The van der Waals surface area contributed by atoms with Gasteiger partial charge in [0.25, 0.3) is 11.8 Å². The number of carbonyl (C=O) groups excluding carboxylic acids is 2. The molecule has 0 bridgehead atoms. The first-order valence-electron chi connectivity index (χ1n) is 15.7. The van der Waals surface area contributed by atoms with Crippen LogP contribution in [0.2, 0.25) is 0 Å². The van der Waals surface area contributed by atoms with Gasteiger partial charge in [-0.2, -0.15) is 5.10 Å². The number of para-hydroxylation sites is 3. The molecule has 1 aromatic heterocycles. The predicted octanol–water partition coefficient (Wildman–Crippen LogP) is 5.70. The van der Waals surface area contributed by atoms with Gasteiger partial charge < -0.3 is 24.3 Å². The van der Waals surface area contributed by atoms with Crippen molar-refractivity contribution in [3.8, 4) is 28.7 Å². The van der Waals surface area contributed by atoms with Gasteiger partial charge >= 0.3 is 0 Å². The molecule has 1 aliphatic rings. The van der Waals surface area contributed by atoms with Crippen LogP contribution in [0, 0.1) is 0 Å². The van der Waals surface area contributed by atoms with Crippen LogP contribution in [0.5, 0.6) is 23.0 Å². The second kappa shape index (κ2) is 15.6. The molecule has 0 saturated heterocycles. The number of ether oxygens (including phenoxy) is 4. The lowest BCUT2D eigenvalue weighted by Gasteiger charge is -2.22. The molecular formula is C37H36N6O6S. The lowest BCUT2D eigenvalue weighted by atomic mass is 9.98. The fraction of sp³-hybridized carbons (Fsp3) is 0.216. The van der Waals surface area contributed by atoms with E-state index in [1.54, 1.807) is 55.2 Å². The van der Waals surface area contributed by atoms with Crippen LogP contribution < -0.4 is 24.3 Å². The average molecular weight is 693 g/mol. The number of benzene rings is 4. The van der Waals surface area contributed by atoms with Crippen LogP contribution >= 0.6 is 11.8 Å². The molecule has 0 radical (unpaired) electrons. The fourth-order valence-electron chi connectivity index (χ4n) is 5.63. The number of hydrogen-bond donors (Lipinski definition) is 1. The SMILES string of the molecule is COc1ccc(C2=NN(C(=O)CSc3nnc(CNC(=O)c4ccccc4OC)n3-c3ccccc3OC)[C@@H](c3ccc(OC)cc3)C2)cc1. The first-order valence-corrected chi connectivity index (χ1v) is 16.7. The number of methoxy groups -OCH3 is 4. The van der Waals surface area contributed by atoms with Crippen LogP contribution in [0.3, 0.4) is 0 Å². The van der Waals surface area contributed by atoms with Gasteiger partial charge in [-0.3, -0.25) is 14.2 Å². The normalized spacial score (nSPS) is 13.8. The van der Waals surface area contributed by atoms with Gasteiger partial charge in [-0.15, -0.1) is 10.2 Å². The van der Waals surface area contributed by atoms with Crippen molar-refractivity contribution in [2.75, 3.05) is 34.2 Å². The van der Waals surface area contributed by atoms with Gasteiger partial charge in [0.05, 0.1) is 63.7 Å². The average Bonchev–Trinajstić information content (AvgIpc) is 3.81. The van der Waals surface area contributed by atoms with Crippen LogP contribution in [0.1, 0.15) is 39.8 Å². The molecule has 13 heteroatoms. The quantitative estimate of drug-likeness (QED) is 0.155. The van der Waals surface area contributed by atoms with E-state index >= 15 is 0 Å². The number of amides is 2. The first kappa shape index (κ1) is 34.1. The minimum atomic E-state index is -0.328. The van der Waals surface area contributed by atoms with Crippen molar-refractivity contribution in [3.63, 3.8) is 0 Å². The number of nitrogens with zero attached hydrogens (tertiary/aromatic N) is 5. The van der Waals surface area contributed by atoms with Gasteiger partial charge in [-0.1, -0.05) is 48.2 Å². The summed E-state index contributed by atoms with van der Waals surface area (Å²) in [5, 5.41) is 18.6. The van der Waals surface area contributed by atoms with E-state index in [0.717, 1.165) is 28.3 Å². The Kier molecular flexibility index (Phi) is 10.6. The Bertz CT molecular complexity index is 2000. The zero-order valence-corrected chi connectivity index (χ0v) is 28.8. The number of hydrogen-bond acceptors (Lipinski definition) is 10. The molecule has 2 heterocycles. The maximum atomic E-state index is 14.0. The second-order valence-electron chi connectivity index (χ2n) is 11.1. The van der Waals surface area contributed by atoms with Crippen LogP contribution in [-0.4, -0.2) is 71.5 Å². The summed E-state index contributed by atoms with van der Waals surface area (Å²) in [7, 11) is 6.33.